The number of amides is 2. The van der Waals surface area contributed by atoms with E-state index in [9.17, 15) is 13.6 Å². The third-order valence-corrected chi connectivity index (χ3v) is 3.90. The number of alkyl halides is 2. The summed E-state index contributed by atoms with van der Waals surface area (Å²) in [4.78, 5) is 14.0. The molecule has 2 rings (SSSR count). The van der Waals surface area contributed by atoms with Gasteiger partial charge in [0.15, 0.2) is 0 Å². The van der Waals surface area contributed by atoms with Crippen LogP contribution in [0.2, 0.25) is 0 Å². The molecule has 2 aromatic rings. The predicted octanol–water partition coefficient (Wildman–Crippen LogP) is 3.61. The van der Waals surface area contributed by atoms with Crippen molar-refractivity contribution >= 4 is 6.03 Å². The number of hydrogen-bond donors (Lipinski definition) is 2. The lowest BCUT2D eigenvalue weighted by atomic mass is 10.2. The van der Waals surface area contributed by atoms with E-state index in [1.54, 1.807) is 12.1 Å². The summed E-state index contributed by atoms with van der Waals surface area (Å²) in [5.41, 5.74) is 2.06. The Balaban J connectivity index is 1.58. The van der Waals surface area contributed by atoms with Gasteiger partial charge in [-0.2, -0.15) is 8.78 Å². The number of nitrogens with one attached hydrogen (secondary N) is 2. The van der Waals surface area contributed by atoms with E-state index < -0.39 is 6.61 Å². The Bertz CT molecular complexity index is 681. The van der Waals surface area contributed by atoms with Crippen LogP contribution in [0.3, 0.4) is 0 Å². The summed E-state index contributed by atoms with van der Waals surface area (Å²) in [6.45, 7) is -0.202. The lowest BCUT2D eigenvalue weighted by Crippen LogP contribution is -2.36. The number of ether oxygens (including phenoxy) is 1. The standard InChI is InChI=1S/C20H25F2N3O2/c1-25(15-17-6-3-2-4-7-17)13-5-12-23-20(26)24-14-16-8-10-18(11-9-16)27-19(21)22/h2-4,6-11,19H,5,12-15H2,1H3,(H2,23,24,26). The fraction of sp³-hybridized carbons (Fsp3) is 0.350. The van der Waals surface area contributed by atoms with Crippen molar-refractivity contribution in [3.8, 4) is 5.75 Å². The van der Waals surface area contributed by atoms with Crippen molar-refractivity contribution in [3.05, 3.63) is 65.7 Å². The zero-order chi connectivity index (χ0) is 19.5. The summed E-state index contributed by atoms with van der Waals surface area (Å²) in [6, 6.07) is 16.1. The van der Waals surface area contributed by atoms with E-state index in [1.165, 1.54) is 17.7 Å². The molecular formula is C20H25F2N3O2. The highest BCUT2D eigenvalue weighted by Gasteiger charge is 2.05. The summed E-state index contributed by atoms with van der Waals surface area (Å²) in [5.74, 6) is 0.0952. The molecule has 0 saturated heterocycles. The molecule has 27 heavy (non-hydrogen) atoms. The molecule has 0 aliphatic heterocycles. The Hall–Kier alpha value is -2.67. The molecule has 0 heterocycles. The molecule has 146 valence electrons. The van der Waals surface area contributed by atoms with Crippen LogP contribution in [0.4, 0.5) is 13.6 Å². The zero-order valence-corrected chi connectivity index (χ0v) is 15.3. The van der Waals surface area contributed by atoms with E-state index >= 15 is 0 Å². The first-order valence-electron chi connectivity index (χ1n) is 8.81. The van der Waals surface area contributed by atoms with Gasteiger partial charge in [-0.25, -0.2) is 4.79 Å². The van der Waals surface area contributed by atoms with E-state index in [0.717, 1.165) is 25.1 Å². The molecule has 0 spiro atoms. The molecule has 2 N–H and O–H groups in total. The maximum Gasteiger partial charge on any atom is 0.387 e. The first kappa shape index (κ1) is 20.6. The van der Waals surface area contributed by atoms with Gasteiger partial charge in [0.05, 0.1) is 0 Å². The second-order valence-electron chi connectivity index (χ2n) is 6.21. The smallest absolute Gasteiger partial charge is 0.387 e. The van der Waals surface area contributed by atoms with Crippen LogP contribution < -0.4 is 15.4 Å². The quantitative estimate of drug-likeness (QED) is 0.622. The normalized spacial score (nSPS) is 10.9. The van der Waals surface area contributed by atoms with Crippen LogP contribution in [0.25, 0.3) is 0 Å². The van der Waals surface area contributed by atoms with E-state index in [0.29, 0.717) is 13.1 Å². The molecule has 0 saturated carbocycles. The first-order chi connectivity index (χ1) is 13.0. The molecule has 0 aliphatic carbocycles. The largest absolute Gasteiger partial charge is 0.435 e. The topological polar surface area (TPSA) is 53.6 Å². The van der Waals surface area contributed by atoms with Crippen molar-refractivity contribution in [3.63, 3.8) is 0 Å². The summed E-state index contributed by atoms with van der Waals surface area (Å²) >= 11 is 0. The van der Waals surface area contributed by atoms with Crippen molar-refractivity contribution in [1.29, 1.82) is 0 Å². The van der Waals surface area contributed by atoms with Gasteiger partial charge in [-0.05, 0) is 43.3 Å². The van der Waals surface area contributed by atoms with Crippen LogP contribution in [-0.4, -0.2) is 37.7 Å². The van der Waals surface area contributed by atoms with Crippen LogP contribution in [0.5, 0.6) is 5.75 Å². The predicted molar refractivity (Wildman–Crippen MR) is 101 cm³/mol. The minimum atomic E-state index is -2.84. The number of nitrogens with zero attached hydrogens (tertiary/aromatic N) is 1. The van der Waals surface area contributed by atoms with Gasteiger partial charge < -0.3 is 20.3 Å². The van der Waals surface area contributed by atoms with Crippen LogP contribution in [0.15, 0.2) is 54.6 Å². The van der Waals surface area contributed by atoms with Gasteiger partial charge in [0.2, 0.25) is 0 Å². The lowest BCUT2D eigenvalue weighted by Gasteiger charge is -2.16. The van der Waals surface area contributed by atoms with Crippen LogP contribution >= 0.6 is 0 Å². The molecule has 2 aromatic carbocycles. The Morgan fingerprint density at radius 2 is 1.74 bits per heavy atom. The molecule has 0 aliphatic rings. The van der Waals surface area contributed by atoms with E-state index in [4.69, 9.17) is 0 Å². The lowest BCUT2D eigenvalue weighted by molar-refractivity contribution is -0.0498. The van der Waals surface area contributed by atoms with Gasteiger partial charge in [-0.15, -0.1) is 0 Å². The maximum absolute atomic E-state index is 12.1. The van der Waals surface area contributed by atoms with E-state index in [2.05, 4.69) is 39.5 Å². The summed E-state index contributed by atoms with van der Waals surface area (Å²) in [6.07, 6.45) is 0.844. The molecule has 0 unspecified atom stereocenters. The highest BCUT2D eigenvalue weighted by Crippen LogP contribution is 2.14. The number of hydrogen-bond acceptors (Lipinski definition) is 3. The molecule has 0 bridgehead atoms. The molecule has 5 nitrogen and oxygen atoms in total. The molecule has 0 atom stereocenters. The fourth-order valence-electron chi connectivity index (χ4n) is 2.56. The van der Waals surface area contributed by atoms with Crippen molar-refractivity contribution in [2.45, 2.75) is 26.1 Å². The van der Waals surface area contributed by atoms with Crippen molar-refractivity contribution in [2.24, 2.45) is 0 Å². The Morgan fingerprint density at radius 3 is 2.41 bits per heavy atom. The number of benzene rings is 2. The Kier molecular flexibility index (Phi) is 8.51. The van der Waals surface area contributed by atoms with Crippen LogP contribution in [0.1, 0.15) is 17.5 Å². The minimum Gasteiger partial charge on any atom is -0.435 e. The van der Waals surface area contributed by atoms with Gasteiger partial charge in [0, 0.05) is 19.6 Å². The third-order valence-electron chi connectivity index (χ3n) is 3.90. The second kappa shape index (κ2) is 11.1. The molecule has 7 heteroatoms. The Labute approximate surface area is 158 Å². The highest BCUT2D eigenvalue weighted by molar-refractivity contribution is 5.73. The van der Waals surface area contributed by atoms with Gasteiger partial charge in [0.1, 0.15) is 5.75 Å². The number of carbonyl (C=O) groups excluding carboxylic acids is 1. The molecular weight excluding hydrogens is 352 g/mol. The summed E-state index contributed by atoms with van der Waals surface area (Å²) in [7, 11) is 2.05. The third kappa shape index (κ3) is 8.50. The second-order valence-corrected chi connectivity index (χ2v) is 6.21. The molecule has 0 radical (unpaired) electrons. The average Bonchev–Trinajstić information content (AvgIpc) is 2.65. The summed E-state index contributed by atoms with van der Waals surface area (Å²) in [5, 5.41) is 5.54. The van der Waals surface area contributed by atoms with Crippen molar-refractivity contribution in [2.75, 3.05) is 20.1 Å². The highest BCUT2D eigenvalue weighted by atomic mass is 19.3. The summed E-state index contributed by atoms with van der Waals surface area (Å²) < 4.78 is 28.5. The van der Waals surface area contributed by atoms with Crippen LogP contribution in [0, 0.1) is 0 Å². The molecule has 2 amide bonds. The fourth-order valence-corrected chi connectivity index (χ4v) is 2.56. The number of urea groups is 1. The molecule has 0 aromatic heterocycles. The number of halogens is 2. The average molecular weight is 377 g/mol. The number of rotatable bonds is 10. The van der Waals surface area contributed by atoms with Crippen LogP contribution in [-0.2, 0) is 13.1 Å². The van der Waals surface area contributed by atoms with Gasteiger partial charge in [0.25, 0.3) is 0 Å². The Morgan fingerprint density at radius 1 is 1.04 bits per heavy atom. The van der Waals surface area contributed by atoms with E-state index in [1.807, 2.05) is 18.2 Å². The van der Waals surface area contributed by atoms with Gasteiger partial charge >= 0.3 is 12.6 Å². The maximum atomic E-state index is 12.1. The zero-order valence-electron chi connectivity index (χ0n) is 15.3. The van der Waals surface area contributed by atoms with Gasteiger partial charge in [-0.1, -0.05) is 42.5 Å². The SMILES string of the molecule is CN(CCCNC(=O)NCc1ccc(OC(F)F)cc1)Cc1ccccc1. The van der Waals surface area contributed by atoms with Gasteiger partial charge in [-0.3, -0.25) is 0 Å². The van der Waals surface area contributed by atoms with E-state index in [-0.39, 0.29) is 11.8 Å². The first-order valence-corrected chi connectivity index (χ1v) is 8.81. The molecule has 0 fully saturated rings. The van der Waals surface area contributed by atoms with Crippen molar-refractivity contribution < 1.29 is 18.3 Å². The number of carbonyl (C=O) groups is 1. The minimum absolute atomic E-state index is 0.0952. The van der Waals surface area contributed by atoms with Crippen molar-refractivity contribution in [1.82, 2.24) is 15.5 Å². The monoisotopic (exact) mass is 377 g/mol.